The monoisotopic (exact) mass is 429 g/mol. The maximum absolute atomic E-state index is 12.6. The zero-order chi connectivity index (χ0) is 21.5. The number of ether oxygens (including phenoxy) is 1. The lowest BCUT2D eigenvalue weighted by Gasteiger charge is -2.11. The third-order valence-electron chi connectivity index (χ3n) is 4.74. The van der Waals surface area contributed by atoms with Crippen molar-refractivity contribution in [2.24, 2.45) is 0 Å². The van der Waals surface area contributed by atoms with Gasteiger partial charge in [0.1, 0.15) is 11.6 Å². The summed E-state index contributed by atoms with van der Waals surface area (Å²) in [6, 6.07) is 27.4. The van der Waals surface area contributed by atoms with Crippen LogP contribution in [-0.4, -0.2) is 32.9 Å². The molecule has 4 aromatic rings. The highest BCUT2D eigenvalue weighted by molar-refractivity contribution is 7.99. The van der Waals surface area contributed by atoms with Crippen LogP contribution in [-0.2, 0) is 6.42 Å². The van der Waals surface area contributed by atoms with E-state index in [0.29, 0.717) is 29.5 Å². The van der Waals surface area contributed by atoms with Crippen LogP contribution in [0.3, 0.4) is 0 Å². The Kier molecular flexibility index (Phi) is 6.79. The van der Waals surface area contributed by atoms with Gasteiger partial charge in [0, 0.05) is 17.7 Å². The number of aromatic nitrogens is 3. The molecule has 0 atom stereocenters. The standard InChI is InChI=1S/C25H23N3O2S/c1-2-30-22-15-13-21(14-16-22)28-24(17-19-9-5-3-6-10-19)26-27-25(28)31-18-23(29)20-11-7-4-8-12-20/h3-16H,2,17-18H2,1H3. The van der Waals surface area contributed by atoms with Crippen molar-refractivity contribution in [2.45, 2.75) is 18.5 Å². The van der Waals surface area contributed by atoms with E-state index in [1.807, 2.05) is 84.3 Å². The average Bonchev–Trinajstić information content (AvgIpc) is 3.21. The molecule has 3 aromatic carbocycles. The van der Waals surface area contributed by atoms with Gasteiger partial charge in [0.05, 0.1) is 12.4 Å². The van der Waals surface area contributed by atoms with Crippen molar-refractivity contribution in [3.63, 3.8) is 0 Å². The fourth-order valence-electron chi connectivity index (χ4n) is 3.24. The summed E-state index contributed by atoms with van der Waals surface area (Å²) in [6.07, 6.45) is 0.647. The second-order valence-electron chi connectivity index (χ2n) is 6.90. The molecule has 31 heavy (non-hydrogen) atoms. The third-order valence-corrected chi connectivity index (χ3v) is 5.67. The molecule has 0 aliphatic heterocycles. The van der Waals surface area contributed by atoms with Crippen molar-refractivity contribution in [1.29, 1.82) is 0 Å². The van der Waals surface area contributed by atoms with Gasteiger partial charge in [-0.15, -0.1) is 10.2 Å². The normalized spacial score (nSPS) is 10.7. The molecule has 1 heterocycles. The number of nitrogens with zero attached hydrogens (tertiary/aromatic N) is 3. The topological polar surface area (TPSA) is 57.0 Å². The van der Waals surface area contributed by atoms with Crippen molar-refractivity contribution in [3.8, 4) is 11.4 Å². The van der Waals surface area contributed by atoms with Crippen molar-refractivity contribution in [3.05, 3.63) is 102 Å². The fourth-order valence-corrected chi connectivity index (χ4v) is 4.11. The summed E-state index contributed by atoms with van der Waals surface area (Å²) in [5, 5.41) is 9.55. The molecule has 0 unspecified atom stereocenters. The number of benzene rings is 3. The Morgan fingerprint density at radius 3 is 2.26 bits per heavy atom. The molecule has 6 heteroatoms. The Morgan fingerprint density at radius 2 is 1.58 bits per heavy atom. The Bertz CT molecular complexity index is 1130. The third kappa shape index (κ3) is 5.22. The van der Waals surface area contributed by atoms with E-state index in [4.69, 9.17) is 4.74 Å². The van der Waals surface area contributed by atoms with Gasteiger partial charge >= 0.3 is 0 Å². The van der Waals surface area contributed by atoms with Crippen LogP contribution in [0.2, 0.25) is 0 Å². The van der Waals surface area contributed by atoms with Crippen LogP contribution < -0.4 is 4.74 Å². The van der Waals surface area contributed by atoms with Crippen molar-refractivity contribution in [2.75, 3.05) is 12.4 Å². The molecular weight excluding hydrogens is 406 g/mol. The number of hydrogen-bond acceptors (Lipinski definition) is 5. The fraction of sp³-hybridized carbons (Fsp3) is 0.160. The summed E-state index contributed by atoms with van der Waals surface area (Å²) in [5.74, 6) is 2.00. The number of carbonyl (C=O) groups is 1. The molecule has 0 spiro atoms. The van der Waals surface area contributed by atoms with E-state index in [9.17, 15) is 4.79 Å². The van der Waals surface area contributed by atoms with E-state index in [0.717, 1.165) is 22.8 Å². The minimum Gasteiger partial charge on any atom is -0.494 e. The minimum atomic E-state index is 0.0662. The van der Waals surface area contributed by atoms with E-state index in [-0.39, 0.29) is 5.78 Å². The van der Waals surface area contributed by atoms with Crippen LogP contribution in [0.25, 0.3) is 5.69 Å². The van der Waals surface area contributed by atoms with Crippen LogP contribution in [0.5, 0.6) is 5.75 Å². The predicted molar refractivity (Wildman–Crippen MR) is 123 cm³/mol. The van der Waals surface area contributed by atoms with Gasteiger partial charge in [0.15, 0.2) is 10.9 Å². The van der Waals surface area contributed by atoms with Crippen molar-refractivity contribution in [1.82, 2.24) is 14.8 Å². The Morgan fingerprint density at radius 1 is 0.903 bits per heavy atom. The van der Waals surface area contributed by atoms with Gasteiger partial charge in [-0.3, -0.25) is 9.36 Å². The Labute approximate surface area is 186 Å². The first kappa shape index (κ1) is 20.9. The van der Waals surface area contributed by atoms with Crippen LogP contribution in [0, 0.1) is 0 Å². The number of carbonyl (C=O) groups excluding carboxylic acids is 1. The molecule has 5 nitrogen and oxygen atoms in total. The van der Waals surface area contributed by atoms with Crippen LogP contribution >= 0.6 is 11.8 Å². The van der Waals surface area contributed by atoms with Gasteiger partial charge in [-0.1, -0.05) is 72.4 Å². The molecule has 156 valence electrons. The van der Waals surface area contributed by atoms with Gasteiger partial charge in [0.25, 0.3) is 0 Å². The zero-order valence-corrected chi connectivity index (χ0v) is 18.1. The number of rotatable bonds is 9. The first-order valence-corrected chi connectivity index (χ1v) is 11.2. The van der Waals surface area contributed by atoms with Crippen molar-refractivity contribution < 1.29 is 9.53 Å². The lowest BCUT2D eigenvalue weighted by Crippen LogP contribution is -2.06. The van der Waals surface area contributed by atoms with Crippen LogP contribution in [0.15, 0.2) is 90.1 Å². The summed E-state index contributed by atoms with van der Waals surface area (Å²) in [5.41, 5.74) is 2.79. The molecule has 0 fully saturated rings. The smallest absolute Gasteiger partial charge is 0.196 e. The second-order valence-corrected chi connectivity index (χ2v) is 7.84. The van der Waals surface area contributed by atoms with Gasteiger partial charge in [0.2, 0.25) is 0 Å². The molecule has 0 N–H and O–H groups in total. The first-order chi connectivity index (χ1) is 15.2. The summed E-state index contributed by atoms with van der Waals surface area (Å²) >= 11 is 1.40. The van der Waals surface area contributed by atoms with Crippen molar-refractivity contribution >= 4 is 17.5 Å². The number of hydrogen-bond donors (Lipinski definition) is 0. The number of ketones is 1. The van der Waals surface area contributed by atoms with Gasteiger partial charge < -0.3 is 4.74 Å². The molecule has 0 amide bonds. The summed E-state index contributed by atoms with van der Waals surface area (Å²) in [7, 11) is 0. The highest BCUT2D eigenvalue weighted by atomic mass is 32.2. The molecule has 4 rings (SSSR count). The minimum absolute atomic E-state index is 0.0662. The highest BCUT2D eigenvalue weighted by Gasteiger charge is 2.17. The van der Waals surface area contributed by atoms with Crippen LogP contribution in [0.4, 0.5) is 0 Å². The Hall–Kier alpha value is -3.38. The molecule has 0 aliphatic carbocycles. The molecular formula is C25H23N3O2S. The van der Waals surface area contributed by atoms with E-state index >= 15 is 0 Å². The Balaban J connectivity index is 1.62. The van der Waals surface area contributed by atoms with E-state index < -0.39 is 0 Å². The summed E-state index contributed by atoms with van der Waals surface area (Å²) in [4.78, 5) is 12.6. The quantitative estimate of drug-likeness (QED) is 0.269. The lowest BCUT2D eigenvalue weighted by molar-refractivity contribution is 0.102. The summed E-state index contributed by atoms with van der Waals surface area (Å²) in [6.45, 7) is 2.58. The van der Waals surface area contributed by atoms with Gasteiger partial charge in [-0.25, -0.2) is 0 Å². The first-order valence-electron chi connectivity index (χ1n) is 10.2. The van der Waals surface area contributed by atoms with E-state index in [1.54, 1.807) is 0 Å². The SMILES string of the molecule is CCOc1ccc(-n2c(Cc3ccccc3)nnc2SCC(=O)c2ccccc2)cc1. The van der Waals surface area contributed by atoms with Gasteiger partial charge in [-0.05, 0) is 36.8 Å². The average molecular weight is 430 g/mol. The molecule has 0 aliphatic rings. The van der Waals surface area contributed by atoms with Crippen LogP contribution in [0.1, 0.15) is 28.7 Å². The number of thioether (sulfide) groups is 1. The lowest BCUT2D eigenvalue weighted by atomic mass is 10.1. The number of Topliss-reactive ketones (excluding diaryl/α,β-unsaturated/α-hetero) is 1. The molecule has 0 radical (unpaired) electrons. The zero-order valence-electron chi connectivity index (χ0n) is 17.3. The molecule has 0 saturated heterocycles. The highest BCUT2D eigenvalue weighted by Crippen LogP contribution is 2.25. The largest absolute Gasteiger partial charge is 0.494 e. The van der Waals surface area contributed by atoms with Gasteiger partial charge in [-0.2, -0.15) is 0 Å². The maximum atomic E-state index is 12.6. The predicted octanol–water partition coefficient (Wildman–Crippen LogP) is 5.23. The molecule has 0 saturated carbocycles. The second kappa shape index (κ2) is 10.1. The molecule has 0 bridgehead atoms. The molecule has 1 aromatic heterocycles. The van der Waals surface area contributed by atoms with E-state index in [1.165, 1.54) is 11.8 Å². The summed E-state index contributed by atoms with van der Waals surface area (Å²) < 4.78 is 7.59. The van der Waals surface area contributed by atoms with E-state index in [2.05, 4.69) is 22.3 Å². The maximum Gasteiger partial charge on any atom is 0.196 e.